The summed E-state index contributed by atoms with van der Waals surface area (Å²) in [5.41, 5.74) is 1.26. The molecular weight excluding hydrogens is 330 g/mol. The molecule has 9 heteroatoms. The predicted octanol–water partition coefficient (Wildman–Crippen LogP) is 1.92. The summed E-state index contributed by atoms with van der Waals surface area (Å²) in [4.78, 5) is 4.14. The maximum atomic E-state index is 12.6. The van der Waals surface area contributed by atoms with Gasteiger partial charge >= 0.3 is 0 Å². The minimum atomic E-state index is -3.84. The van der Waals surface area contributed by atoms with Crippen molar-refractivity contribution in [2.45, 2.75) is 30.5 Å². The molecule has 2 unspecified atom stereocenters. The van der Waals surface area contributed by atoms with Crippen molar-refractivity contribution in [3.63, 3.8) is 0 Å². The first-order chi connectivity index (χ1) is 11.5. The van der Waals surface area contributed by atoms with Crippen LogP contribution >= 0.6 is 0 Å². The first-order valence-corrected chi connectivity index (χ1v) is 8.97. The maximum absolute atomic E-state index is 12.6. The Morgan fingerprint density at radius 1 is 1.29 bits per heavy atom. The summed E-state index contributed by atoms with van der Waals surface area (Å²) in [7, 11) is -3.84. The van der Waals surface area contributed by atoms with Crippen molar-refractivity contribution in [3.05, 3.63) is 48.5 Å². The summed E-state index contributed by atoms with van der Waals surface area (Å²) in [6.45, 7) is 1.97. The van der Waals surface area contributed by atoms with Crippen LogP contribution in [0.15, 0.2) is 52.3 Å². The molecule has 3 heterocycles. The van der Waals surface area contributed by atoms with E-state index >= 15 is 0 Å². The lowest BCUT2D eigenvalue weighted by Crippen LogP contribution is -2.27. The molecule has 3 aromatic rings. The van der Waals surface area contributed by atoms with E-state index in [-0.39, 0.29) is 11.1 Å². The van der Waals surface area contributed by atoms with Crippen LogP contribution in [-0.4, -0.2) is 28.3 Å². The molecule has 0 fully saturated rings. The molecule has 24 heavy (non-hydrogen) atoms. The number of benzene rings is 1. The molecule has 0 aliphatic carbocycles. The average Bonchev–Trinajstić information content (AvgIpc) is 3.28. The van der Waals surface area contributed by atoms with Crippen LogP contribution < -0.4 is 4.72 Å². The SMILES string of the molecule is CC1CC(NS(=O)(=O)c2cc(-c3ccccc3)no2)c2ncnn21. The fourth-order valence-corrected chi connectivity index (χ4v) is 3.97. The van der Waals surface area contributed by atoms with Gasteiger partial charge in [0.25, 0.3) is 15.1 Å². The highest BCUT2D eigenvalue weighted by Crippen LogP contribution is 2.33. The number of hydrogen-bond acceptors (Lipinski definition) is 6. The van der Waals surface area contributed by atoms with Crippen LogP contribution in [0.4, 0.5) is 0 Å². The van der Waals surface area contributed by atoms with Gasteiger partial charge in [-0.3, -0.25) is 0 Å². The topological polar surface area (TPSA) is 103 Å². The summed E-state index contributed by atoms with van der Waals surface area (Å²) in [5.74, 6) is 0.605. The molecule has 0 saturated heterocycles. The largest absolute Gasteiger partial charge is 0.343 e. The van der Waals surface area contributed by atoms with E-state index in [1.165, 1.54) is 12.4 Å². The van der Waals surface area contributed by atoms with Crippen LogP contribution in [-0.2, 0) is 10.0 Å². The van der Waals surface area contributed by atoms with E-state index in [9.17, 15) is 8.42 Å². The second-order valence-corrected chi connectivity index (χ2v) is 7.36. The highest BCUT2D eigenvalue weighted by atomic mass is 32.2. The third kappa shape index (κ3) is 2.51. The molecule has 124 valence electrons. The monoisotopic (exact) mass is 345 g/mol. The van der Waals surface area contributed by atoms with Crippen LogP contribution in [0.2, 0.25) is 0 Å². The minimum absolute atomic E-state index is 0.0878. The molecule has 8 nitrogen and oxygen atoms in total. The number of rotatable bonds is 4. The Hall–Kier alpha value is -2.52. The van der Waals surface area contributed by atoms with Crippen molar-refractivity contribution in [1.29, 1.82) is 0 Å². The van der Waals surface area contributed by atoms with E-state index < -0.39 is 16.1 Å². The standard InChI is InChI=1S/C15H15N5O3S/c1-10-7-13(15-16-9-17-20(10)15)19-24(21,22)14-8-12(18-23-14)11-5-3-2-4-6-11/h2-6,8-10,13,19H,7H2,1H3. The van der Waals surface area contributed by atoms with Crippen molar-refractivity contribution < 1.29 is 12.9 Å². The van der Waals surface area contributed by atoms with Gasteiger partial charge in [-0.15, -0.1) is 0 Å². The molecule has 0 saturated carbocycles. The number of sulfonamides is 1. The quantitative estimate of drug-likeness (QED) is 0.775. The zero-order chi connectivity index (χ0) is 16.7. The fourth-order valence-electron chi connectivity index (χ4n) is 2.87. The Morgan fingerprint density at radius 3 is 2.88 bits per heavy atom. The first kappa shape index (κ1) is 15.0. The molecular formula is C15H15N5O3S. The number of fused-ring (bicyclic) bond motifs is 1. The minimum Gasteiger partial charge on any atom is -0.343 e. The second-order valence-electron chi connectivity index (χ2n) is 5.72. The molecule has 0 spiro atoms. The third-order valence-corrected chi connectivity index (χ3v) is 5.34. The fraction of sp³-hybridized carbons (Fsp3) is 0.267. The number of aromatic nitrogens is 4. The first-order valence-electron chi connectivity index (χ1n) is 7.48. The summed E-state index contributed by atoms with van der Waals surface area (Å²) >= 11 is 0. The Morgan fingerprint density at radius 2 is 2.08 bits per heavy atom. The Labute approximate surface area is 138 Å². The van der Waals surface area contributed by atoms with E-state index in [1.54, 1.807) is 4.68 Å². The van der Waals surface area contributed by atoms with Crippen molar-refractivity contribution in [1.82, 2.24) is 24.6 Å². The molecule has 2 aromatic heterocycles. The van der Waals surface area contributed by atoms with Gasteiger partial charge in [0.2, 0.25) is 0 Å². The van der Waals surface area contributed by atoms with Gasteiger partial charge < -0.3 is 4.52 Å². The highest BCUT2D eigenvalue weighted by Gasteiger charge is 2.35. The molecule has 2 atom stereocenters. The molecule has 1 N–H and O–H groups in total. The van der Waals surface area contributed by atoms with Gasteiger partial charge in [-0.1, -0.05) is 35.5 Å². The van der Waals surface area contributed by atoms with Crippen LogP contribution in [0, 0.1) is 0 Å². The highest BCUT2D eigenvalue weighted by molar-refractivity contribution is 7.89. The molecule has 0 amide bonds. The number of nitrogens with zero attached hydrogens (tertiary/aromatic N) is 4. The molecule has 1 aliphatic heterocycles. The van der Waals surface area contributed by atoms with Gasteiger partial charge in [-0.2, -0.15) is 9.82 Å². The predicted molar refractivity (Wildman–Crippen MR) is 84.4 cm³/mol. The zero-order valence-corrected chi connectivity index (χ0v) is 13.6. The van der Waals surface area contributed by atoms with Gasteiger partial charge in [0.1, 0.15) is 17.8 Å². The lowest BCUT2D eigenvalue weighted by molar-refractivity contribution is 0.337. The van der Waals surface area contributed by atoms with E-state index in [4.69, 9.17) is 4.52 Å². The Balaban J connectivity index is 1.60. The molecule has 0 bridgehead atoms. The summed E-state index contributed by atoms with van der Waals surface area (Å²) in [6, 6.07) is 10.3. The van der Waals surface area contributed by atoms with E-state index in [0.717, 1.165) is 5.56 Å². The summed E-state index contributed by atoms with van der Waals surface area (Å²) in [6.07, 6.45) is 2.02. The summed E-state index contributed by atoms with van der Waals surface area (Å²) in [5, 5.41) is 7.74. The second kappa shape index (κ2) is 5.53. The van der Waals surface area contributed by atoms with Crippen molar-refractivity contribution in [3.8, 4) is 11.3 Å². The maximum Gasteiger partial charge on any atom is 0.277 e. The number of hydrogen-bond donors (Lipinski definition) is 1. The normalized spacial score (nSPS) is 20.2. The lowest BCUT2D eigenvalue weighted by Gasteiger charge is -2.09. The van der Waals surface area contributed by atoms with Crippen LogP contribution in [0.25, 0.3) is 11.3 Å². The third-order valence-electron chi connectivity index (χ3n) is 4.03. The lowest BCUT2D eigenvalue weighted by atomic mass is 10.2. The van der Waals surface area contributed by atoms with Crippen LogP contribution in [0.1, 0.15) is 31.3 Å². The van der Waals surface area contributed by atoms with Gasteiger partial charge in [0, 0.05) is 11.6 Å². The van der Waals surface area contributed by atoms with Crippen molar-refractivity contribution >= 4 is 10.0 Å². The Bertz CT molecular complexity index is 964. The van der Waals surface area contributed by atoms with E-state index in [1.807, 2.05) is 37.3 Å². The number of nitrogens with one attached hydrogen (secondary N) is 1. The smallest absolute Gasteiger partial charge is 0.277 e. The average molecular weight is 345 g/mol. The van der Waals surface area contributed by atoms with Crippen molar-refractivity contribution in [2.75, 3.05) is 0 Å². The Kier molecular flexibility index (Phi) is 3.47. The molecule has 1 aromatic carbocycles. The van der Waals surface area contributed by atoms with E-state index in [2.05, 4.69) is 20.0 Å². The molecule has 4 rings (SSSR count). The van der Waals surface area contributed by atoms with Gasteiger partial charge in [-0.25, -0.2) is 18.1 Å². The molecule has 1 aliphatic rings. The molecule has 0 radical (unpaired) electrons. The van der Waals surface area contributed by atoms with Gasteiger partial charge in [0.15, 0.2) is 0 Å². The van der Waals surface area contributed by atoms with E-state index in [0.29, 0.717) is 17.9 Å². The van der Waals surface area contributed by atoms with Crippen LogP contribution in [0.5, 0.6) is 0 Å². The van der Waals surface area contributed by atoms with Crippen LogP contribution in [0.3, 0.4) is 0 Å². The zero-order valence-electron chi connectivity index (χ0n) is 12.8. The summed E-state index contributed by atoms with van der Waals surface area (Å²) < 4.78 is 34.5. The van der Waals surface area contributed by atoms with Crippen molar-refractivity contribution in [2.24, 2.45) is 0 Å². The van der Waals surface area contributed by atoms with Gasteiger partial charge in [-0.05, 0) is 13.3 Å². The van der Waals surface area contributed by atoms with Gasteiger partial charge in [0.05, 0.1) is 12.1 Å².